The molecule has 1 aliphatic rings. The number of hydrogen-bond donors (Lipinski definition) is 3. The third-order valence-electron chi connectivity index (χ3n) is 6.07. The van der Waals surface area contributed by atoms with Crippen molar-refractivity contribution in [1.82, 2.24) is 10.9 Å². The molecule has 192 valence electrons. The summed E-state index contributed by atoms with van der Waals surface area (Å²) in [5.41, 5.74) is 15.8. The van der Waals surface area contributed by atoms with Crippen molar-refractivity contribution in [1.29, 1.82) is 0 Å². The predicted octanol–water partition coefficient (Wildman–Crippen LogP) is 3.83. The summed E-state index contributed by atoms with van der Waals surface area (Å²) in [7, 11) is 0. The predicted molar refractivity (Wildman–Crippen MR) is 138 cm³/mol. The summed E-state index contributed by atoms with van der Waals surface area (Å²) >= 11 is 0. The summed E-state index contributed by atoms with van der Waals surface area (Å²) in [5.74, 6) is 0.763. The average molecular weight is 495 g/mol. The molecule has 36 heavy (non-hydrogen) atoms. The van der Waals surface area contributed by atoms with Gasteiger partial charge < -0.3 is 14.6 Å². The van der Waals surface area contributed by atoms with Crippen molar-refractivity contribution in [2.75, 3.05) is 19.8 Å². The largest absolute Gasteiger partial charge is 0.494 e. The minimum atomic E-state index is -1.22. The van der Waals surface area contributed by atoms with Gasteiger partial charge in [0, 0.05) is 36.5 Å². The fraction of sp³-hybridized carbons (Fsp3) is 0.462. The molecule has 2 atom stereocenters. The fourth-order valence-electron chi connectivity index (χ4n) is 3.94. The second kappa shape index (κ2) is 13.5. The number of carbonyl (C=O) groups is 1. The van der Waals surface area contributed by atoms with Crippen molar-refractivity contribution < 1.29 is 19.4 Å². The van der Waals surface area contributed by atoms with Crippen molar-refractivity contribution >= 4 is 11.8 Å². The molecule has 1 heterocycles. The molecule has 0 fully saturated rings. The summed E-state index contributed by atoms with van der Waals surface area (Å²) in [6.07, 6.45) is 2.21. The Morgan fingerprint density at radius 1 is 1.22 bits per heavy atom. The first-order valence-corrected chi connectivity index (χ1v) is 12.3. The number of aliphatic hydroxyl groups is 1. The van der Waals surface area contributed by atoms with Crippen molar-refractivity contribution in [2.45, 2.75) is 57.7 Å². The minimum absolute atomic E-state index is 0.0735. The number of hydrogen-bond acceptors (Lipinski definition) is 7. The van der Waals surface area contributed by atoms with E-state index in [-0.39, 0.29) is 25.5 Å². The van der Waals surface area contributed by atoms with Gasteiger partial charge in [0.15, 0.2) is 5.54 Å². The maximum atomic E-state index is 13.6. The lowest BCUT2D eigenvalue weighted by atomic mass is 9.84. The van der Waals surface area contributed by atoms with Crippen LogP contribution in [-0.2, 0) is 22.5 Å². The normalized spacial score (nSPS) is 18.6. The average Bonchev–Trinajstić information content (AvgIpc) is 3.23. The van der Waals surface area contributed by atoms with E-state index >= 15 is 0 Å². The zero-order valence-electron chi connectivity index (χ0n) is 20.8. The van der Waals surface area contributed by atoms with E-state index in [1.807, 2.05) is 55.5 Å². The Morgan fingerprint density at radius 2 is 1.97 bits per heavy atom. The molecular formula is C26H34N6O4. The van der Waals surface area contributed by atoms with E-state index in [1.54, 1.807) is 0 Å². The highest BCUT2D eigenvalue weighted by Gasteiger charge is 2.50. The van der Waals surface area contributed by atoms with Crippen LogP contribution in [0.25, 0.3) is 10.4 Å². The maximum absolute atomic E-state index is 13.6. The zero-order valence-corrected chi connectivity index (χ0v) is 20.8. The third kappa shape index (κ3) is 6.75. The van der Waals surface area contributed by atoms with Gasteiger partial charge in [0.05, 0.1) is 13.2 Å². The fourth-order valence-corrected chi connectivity index (χ4v) is 3.94. The van der Waals surface area contributed by atoms with Gasteiger partial charge in [0.2, 0.25) is 5.90 Å². The van der Waals surface area contributed by atoms with Gasteiger partial charge in [-0.3, -0.25) is 10.2 Å². The number of rotatable bonds is 14. The van der Waals surface area contributed by atoms with Crippen molar-refractivity contribution in [3.8, 4) is 5.75 Å². The zero-order chi connectivity index (χ0) is 25.8. The van der Waals surface area contributed by atoms with Crippen molar-refractivity contribution in [2.24, 2.45) is 10.1 Å². The molecule has 3 N–H and O–H groups in total. The van der Waals surface area contributed by atoms with E-state index in [9.17, 15) is 4.79 Å². The van der Waals surface area contributed by atoms with E-state index in [1.165, 1.54) is 0 Å². The van der Waals surface area contributed by atoms with Crippen LogP contribution in [0.5, 0.6) is 5.75 Å². The smallest absolute Gasteiger partial charge is 0.266 e. The quantitative estimate of drug-likeness (QED) is 0.120. The van der Waals surface area contributed by atoms with Crippen LogP contribution in [0.2, 0.25) is 0 Å². The van der Waals surface area contributed by atoms with Crippen LogP contribution < -0.4 is 15.6 Å². The number of azide groups is 1. The Morgan fingerprint density at radius 3 is 2.67 bits per heavy atom. The molecule has 1 aliphatic heterocycles. The van der Waals surface area contributed by atoms with Crippen LogP contribution in [0.4, 0.5) is 0 Å². The molecule has 10 heteroatoms. The van der Waals surface area contributed by atoms with Crippen molar-refractivity contribution in [3.63, 3.8) is 0 Å². The van der Waals surface area contributed by atoms with E-state index in [2.05, 4.69) is 27.8 Å². The number of ether oxygens (including phenoxy) is 2. The number of aliphatic imine (C=N–C) groups is 1. The monoisotopic (exact) mass is 494 g/mol. The second-order valence-corrected chi connectivity index (χ2v) is 8.62. The third-order valence-corrected chi connectivity index (χ3v) is 6.07. The van der Waals surface area contributed by atoms with Gasteiger partial charge in [-0.1, -0.05) is 42.7 Å². The van der Waals surface area contributed by atoms with Gasteiger partial charge in [0.1, 0.15) is 11.9 Å². The number of nitrogens with one attached hydrogen (secondary N) is 2. The van der Waals surface area contributed by atoms with Crippen LogP contribution in [0.3, 0.4) is 0 Å². The van der Waals surface area contributed by atoms with Crippen molar-refractivity contribution in [3.05, 3.63) is 75.7 Å². The Labute approximate surface area is 211 Å². The van der Waals surface area contributed by atoms with E-state index in [0.29, 0.717) is 31.2 Å². The van der Waals surface area contributed by atoms with Gasteiger partial charge in [0.25, 0.3) is 5.91 Å². The molecule has 0 unspecified atom stereocenters. The summed E-state index contributed by atoms with van der Waals surface area (Å²) < 4.78 is 11.8. The van der Waals surface area contributed by atoms with Crippen LogP contribution in [0.15, 0.2) is 58.6 Å². The molecule has 2 aromatic carbocycles. The van der Waals surface area contributed by atoms with E-state index in [0.717, 1.165) is 29.5 Å². The molecule has 0 aromatic heterocycles. The van der Waals surface area contributed by atoms with E-state index < -0.39 is 11.6 Å². The molecule has 2 aromatic rings. The number of aliphatic hydroxyl groups excluding tert-OH is 1. The first-order chi connectivity index (χ1) is 17.5. The number of carbonyl (C=O) groups excluding carboxylic acids is 1. The van der Waals surface area contributed by atoms with Gasteiger partial charge in [-0.2, -0.15) is 0 Å². The Hall–Kier alpha value is -3.59. The summed E-state index contributed by atoms with van der Waals surface area (Å²) in [5, 5.41) is 12.6. The number of unbranched alkanes of at least 4 members (excludes halogenated alkanes) is 1. The highest BCUT2D eigenvalue weighted by molar-refractivity contribution is 6.00. The molecule has 0 saturated heterocycles. The Balaban J connectivity index is 1.91. The summed E-state index contributed by atoms with van der Waals surface area (Å²) in [6, 6.07) is 14.9. The number of hydrazine groups is 1. The molecule has 0 spiro atoms. The van der Waals surface area contributed by atoms with E-state index in [4.69, 9.17) is 25.1 Å². The van der Waals surface area contributed by atoms with Gasteiger partial charge in [-0.05, 0) is 54.3 Å². The second-order valence-electron chi connectivity index (χ2n) is 8.62. The molecule has 0 bridgehead atoms. The van der Waals surface area contributed by atoms with Crippen LogP contribution >= 0.6 is 0 Å². The SMILES string of the molecule is CCCCNNC(=O)[C@@]1(Cc2ccccc2CN=[N+]=[N-])N=C(c2ccc(OCCCO)cc2)O[C@H]1C. The summed E-state index contributed by atoms with van der Waals surface area (Å²) in [6.45, 7) is 5.25. The molecular weight excluding hydrogens is 460 g/mol. The number of amides is 1. The first-order valence-electron chi connectivity index (χ1n) is 12.3. The van der Waals surface area contributed by atoms with Gasteiger partial charge in [-0.25, -0.2) is 10.4 Å². The molecule has 1 amide bonds. The number of nitrogens with zero attached hydrogens (tertiary/aromatic N) is 4. The highest BCUT2D eigenvalue weighted by Crippen LogP contribution is 2.33. The summed E-state index contributed by atoms with van der Waals surface area (Å²) in [4.78, 5) is 21.3. The first kappa shape index (κ1) is 27.0. The Kier molecular flexibility index (Phi) is 10.1. The molecule has 10 nitrogen and oxygen atoms in total. The molecule has 0 aliphatic carbocycles. The van der Waals surface area contributed by atoms with Gasteiger partial charge in [-0.15, -0.1) is 0 Å². The van der Waals surface area contributed by atoms with Crippen LogP contribution in [0.1, 0.15) is 49.8 Å². The van der Waals surface area contributed by atoms with Crippen LogP contribution in [0, 0.1) is 0 Å². The lowest BCUT2D eigenvalue weighted by Crippen LogP contribution is -2.56. The highest BCUT2D eigenvalue weighted by atomic mass is 16.5. The topological polar surface area (TPSA) is 141 Å². The number of benzene rings is 2. The molecule has 0 saturated carbocycles. The molecule has 3 rings (SSSR count). The standard InChI is InChI=1S/C26H34N6O4/c1-3-4-14-28-31-25(34)26(17-21-8-5-6-9-22(21)18-29-32-27)19(2)36-24(30-26)20-10-12-23(13-11-20)35-16-7-15-33/h5-6,8-13,19,28,33H,3-4,7,14-18H2,1-2H3,(H,31,34)/t19-,26-/m0/s1. The maximum Gasteiger partial charge on any atom is 0.266 e. The minimum Gasteiger partial charge on any atom is -0.494 e. The van der Waals surface area contributed by atoms with Gasteiger partial charge >= 0.3 is 0 Å². The Bertz CT molecular complexity index is 1080. The van der Waals surface area contributed by atoms with Crippen LogP contribution in [-0.4, -0.2) is 48.3 Å². The molecule has 0 radical (unpaired) electrons. The lowest BCUT2D eigenvalue weighted by Gasteiger charge is -2.29. The lowest BCUT2D eigenvalue weighted by molar-refractivity contribution is -0.129.